The molecule has 25 heavy (non-hydrogen) atoms. The number of carbonyl (C=O) groups is 2. The van der Waals surface area contributed by atoms with Crippen LogP contribution in [-0.2, 0) is 19.1 Å². The minimum Gasteiger partial charge on any atom is -0.462 e. The maximum atomic E-state index is 12.0. The predicted molar refractivity (Wildman–Crippen MR) is 99.8 cm³/mol. The Morgan fingerprint density at radius 1 is 0.880 bits per heavy atom. The van der Waals surface area contributed by atoms with Gasteiger partial charge in [0.2, 0.25) is 0 Å². The van der Waals surface area contributed by atoms with Crippen molar-refractivity contribution in [2.24, 2.45) is 23.3 Å². The van der Waals surface area contributed by atoms with Crippen LogP contribution in [0.25, 0.3) is 0 Å². The van der Waals surface area contributed by atoms with E-state index in [-0.39, 0.29) is 30.1 Å². The summed E-state index contributed by atoms with van der Waals surface area (Å²) < 4.78 is 10.8. The Kier molecular flexibility index (Phi) is 11.7. The van der Waals surface area contributed by atoms with Crippen molar-refractivity contribution < 1.29 is 19.1 Å². The fourth-order valence-corrected chi connectivity index (χ4v) is 2.42. The summed E-state index contributed by atoms with van der Waals surface area (Å²) in [7, 11) is 0. The second-order valence-electron chi connectivity index (χ2n) is 7.44. The van der Waals surface area contributed by atoms with Crippen LogP contribution in [0.5, 0.6) is 0 Å². The Labute approximate surface area is 153 Å². The third-order valence-corrected chi connectivity index (χ3v) is 4.49. The van der Waals surface area contributed by atoms with E-state index in [0.717, 1.165) is 6.42 Å². The van der Waals surface area contributed by atoms with Gasteiger partial charge in [0.05, 0.1) is 6.10 Å². The van der Waals surface area contributed by atoms with Crippen molar-refractivity contribution in [3.8, 4) is 0 Å². The third-order valence-electron chi connectivity index (χ3n) is 4.49. The van der Waals surface area contributed by atoms with Gasteiger partial charge in [0.15, 0.2) is 0 Å². The summed E-state index contributed by atoms with van der Waals surface area (Å²) in [6, 6.07) is -1.25. The first kappa shape index (κ1) is 23.9. The highest BCUT2D eigenvalue weighted by Crippen LogP contribution is 2.17. The Morgan fingerprint density at radius 3 is 1.96 bits per heavy atom. The normalized spacial score (nSPS) is 17.5. The molecular formula is C19H38N2O4. The summed E-state index contributed by atoms with van der Waals surface area (Å²) in [4.78, 5) is 24.0. The Bertz CT molecular complexity index is 401. The molecule has 0 fully saturated rings. The highest BCUT2D eigenvalue weighted by Gasteiger charge is 2.26. The Balaban J connectivity index is 4.40. The van der Waals surface area contributed by atoms with E-state index in [9.17, 15) is 9.59 Å². The van der Waals surface area contributed by atoms with Crippen molar-refractivity contribution in [2.45, 2.75) is 97.9 Å². The molecule has 0 aliphatic rings. The largest absolute Gasteiger partial charge is 0.462 e. The smallest absolute Gasteiger partial charge is 0.323 e. The van der Waals surface area contributed by atoms with Crippen LogP contribution in [0.2, 0.25) is 0 Å². The Morgan fingerprint density at radius 2 is 1.48 bits per heavy atom. The lowest BCUT2D eigenvalue weighted by Gasteiger charge is -2.24. The van der Waals surface area contributed by atoms with Gasteiger partial charge in [0.25, 0.3) is 0 Å². The van der Waals surface area contributed by atoms with Crippen LogP contribution >= 0.6 is 0 Å². The van der Waals surface area contributed by atoms with Gasteiger partial charge in [-0.25, -0.2) is 0 Å². The first-order valence-electron chi connectivity index (χ1n) is 9.54. The molecule has 0 aromatic carbocycles. The molecule has 0 rings (SSSR count). The average molecular weight is 359 g/mol. The van der Waals surface area contributed by atoms with Gasteiger partial charge in [-0.2, -0.15) is 0 Å². The van der Waals surface area contributed by atoms with Crippen LogP contribution < -0.4 is 11.5 Å². The summed E-state index contributed by atoms with van der Waals surface area (Å²) in [5.41, 5.74) is 11.9. The fraction of sp³-hybridized carbons (Fsp3) is 0.895. The number of esters is 2. The molecule has 0 aliphatic heterocycles. The lowest BCUT2D eigenvalue weighted by molar-refractivity contribution is -0.153. The molecule has 6 heteroatoms. The van der Waals surface area contributed by atoms with Crippen LogP contribution in [0, 0.1) is 11.8 Å². The summed E-state index contributed by atoms with van der Waals surface area (Å²) in [5, 5.41) is 0. The SMILES string of the molecule is CCC(C)OC(=O)[C@@H](N)C(C)CCC(CC)OC(=O)[C@@H](N)CC(C)C. The van der Waals surface area contributed by atoms with Crippen LogP contribution in [0.3, 0.4) is 0 Å². The van der Waals surface area contributed by atoms with Gasteiger partial charge in [0.1, 0.15) is 18.2 Å². The fourth-order valence-electron chi connectivity index (χ4n) is 2.42. The maximum absolute atomic E-state index is 12.0. The molecule has 6 nitrogen and oxygen atoms in total. The quantitative estimate of drug-likeness (QED) is 0.520. The van der Waals surface area contributed by atoms with Crippen molar-refractivity contribution in [2.75, 3.05) is 0 Å². The molecule has 0 aromatic rings. The van der Waals surface area contributed by atoms with Crippen molar-refractivity contribution in [1.29, 1.82) is 0 Å². The number of hydrogen-bond acceptors (Lipinski definition) is 6. The second kappa shape index (κ2) is 12.3. The zero-order valence-electron chi connectivity index (χ0n) is 16.8. The van der Waals surface area contributed by atoms with E-state index in [1.54, 1.807) is 0 Å². The summed E-state index contributed by atoms with van der Waals surface area (Å²) >= 11 is 0. The lowest BCUT2D eigenvalue weighted by Crippen LogP contribution is -2.40. The highest BCUT2D eigenvalue weighted by atomic mass is 16.5. The number of carbonyl (C=O) groups excluding carboxylic acids is 2. The topological polar surface area (TPSA) is 105 Å². The minimum absolute atomic E-state index is 0.0476. The number of ether oxygens (including phenoxy) is 2. The molecule has 0 radical (unpaired) electrons. The summed E-state index contributed by atoms with van der Waals surface area (Å²) in [6.45, 7) is 11.7. The van der Waals surface area contributed by atoms with Gasteiger partial charge in [-0.15, -0.1) is 0 Å². The van der Waals surface area contributed by atoms with Gasteiger partial charge in [-0.1, -0.05) is 34.6 Å². The van der Waals surface area contributed by atoms with Gasteiger partial charge in [0, 0.05) is 0 Å². The zero-order chi connectivity index (χ0) is 19.6. The number of nitrogens with two attached hydrogens (primary N) is 2. The van der Waals surface area contributed by atoms with Crippen LogP contribution in [0.4, 0.5) is 0 Å². The average Bonchev–Trinajstić information content (AvgIpc) is 2.56. The van der Waals surface area contributed by atoms with Gasteiger partial charge < -0.3 is 20.9 Å². The molecule has 3 unspecified atom stereocenters. The van der Waals surface area contributed by atoms with Gasteiger partial charge >= 0.3 is 11.9 Å². The van der Waals surface area contributed by atoms with E-state index in [2.05, 4.69) is 0 Å². The molecule has 0 spiro atoms. The third kappa shape index (κ3) is 9.80. The van der Waals surface area contributed by atoms with Crippen molar-refractivity contribution in [1.82, 2.24) is 0 Å². The van der Waals surface area contributed by atoms with E-state index in [1.807, 2.05) is 41.5 Å². The van der Waals surface area contributed by atoms with Gasteiger partial charge in [-0.3, -0.25) is 9.59 Å². The van der Waals surface area contributed by atoms with E-state index in [1.165, 1.54) is 0 Å². The van der Waals surface area contributed by atoms with Crippen LogP contribution in [-0.4, -0.2) is 36.2 Å². The first-order valence-corrected chi connectivity index (χ1v) is 9.54. The van der Waals surface area contributed by atoms with Crippen molar-refractivity contribution in [3.63, 3.8) is 0 Å². The van der Waals surface area contributed by atoms with Gasteiger partial charge in [-0.05, 0) is 50.9 Å². The molecule has 0 bridgehead atoms. The highest BCUT2D eigenvalue weighted by molar-refractivity contribution is 5.76. The van der Waals surface area contributed by atoms with E-state index >= 15 is 0 Å². The molecule has 0 saturated heterocycles. The molecule has 4 N–H and O–H groups in total. The molecule has 0 saturated carbocycles. The molecule has 0 amide bonds. The lowest BCUT2D eigenvalue weighted by atomic mass is 9.95. The summed E-state index contributed by atoms with van der Waals surface area (Å²) in [5.74, 6) is -0.426. The molecule has 0 aliphatic carbocycles. The van der Waals surface area contributed by atoms with Crippen LogP contribution in [0.1, 0.15) is 73.6 Å². The zero-order valence-corrected chi connectivity index (χ0v) is 16.8. The summed E-state index contributed by atoms with van der Waals surface area (Å²) in [6.07, 6.45) is 3.09. The van der Waals surface area contributed by atoms with Crippen molar-refractivity contribution in [3.05, 3.63) is 0 Å². The Hall–Kier alpha value is -1.14. The molecule has 0 aromatic heterocycles. The molecular weight excluding hydrogens is 320 g/mol. The standard InChI is InChI=1S/C19H38N2O4/c1-7-14(6)24-19(23)17(21)13(5)9-10-15(8-2)25-18(22)16(20)11-12(3)4/h12-17H,7-11,20-21H2,1-6H3/t13?,14?,15?,16-,17-/m0/s1. The van der Waals surface area contributed by atoms with E-state index < -0.39 is 12.1 Å². The molecule has 148 valence electrons. The predicted octanol–water partition coefficient (Wildman–Crippen LogP) is 2.77. The second-order valence-corrected chi connectivity index (χ2v) is 7.44. The number of rotatable bonds is 12. The first-order chi connectivity index (χ1) is 11.6. The van der Waals surface area contributed by atoms with E-state index in [4.69, 9.17) is 20.9 Å². The number of hydrogen-bond donors (Lipinski definition) is 2. The van der Waals surface area contributed by atoms with E-state index in [0.29, 0.717) is 31.6 Å². The minimum atomic E-state index is -0.662. The van der Waals surface area contributed by atoms with Crippen LogP contribution in [0.15, 0.2) is 0 Å². The molecule has 0 heterocycles. The van der Waals surface area contributed by atoms with Crippen molar-refractivity contribution >= 4 is 11.9 Å². The monoisotopic (exact) mass is 358 g/mol. The molecule has 5 atom stereocenters. The maximum Gasteiger partial charge on any atom is 0.323 e.